The van der Waals surface area contributed by atoms with Crippen LogP contribution in [0.2, 0.25) is 0 Å². The average molecular weight is 361 g/mol. The minimum absolute atomic E-state index is 0.174. The first-order chi connectivity index (χ1) is 10.7. The van der Waals surface area contributed by atoms with Gasteiger partial charge < -0.3 is 15.4 Å². The van der Waals surface area contributed by atoms with Crippen molar-refractivity contribution < 1.29 is 4.74 Å². The smallest absolute Gasteiger partial charge is 0.0822 e. The van der Waals surface area contributed by atoms with E-state index < -0.39 is 0 Å². The number of hydrogen-bond acceptors (Lipinski definition) is 5. The van der Waals surface area contributed by atoms with Gasteiger partial charge in [-0.15, -0.1) is 0 Å². The zero-order chi connectivity index (χ0) is 17.1. The number of nitrogens with one attached hydrogen (secondary N) is 2. The molecule has 3 nitrogen and oxygen atoms in total. The predicted molar refractivity (Wildman–Crippen MR) is 106 cm³/mol. The summed E-state index contributed by atoms with van der Waals surface area (Å²) in [6, 6.07) is 1.17. The molecule has 4 unspecified atom stereocenters. The Morgan fingerprint density at radius 3 is 2.48 bits per heavy atom. The summed E-state index contributed by atoms with van der Waals surface area (Å²) >= 11 is 4.17. The summed E-state index contributed by atoms with van der Waals surface area (Å²) < 4.78 is 5.63. The molecule has 2 aliphatic heterocycles. The van der Waals surface area contributed by atoms with Gasteiger partial charge in [0.1, 0.15) is 0 Å². The van der Waals surface area contributed by atoms with Crippen molar-refractivity contribution in [3.8, 4) is 0 Å². The van der Waals surface area contributed by atoms with Gasteiger partial charge in [-0.25, -0.2) is 0 Å². The van der Waals surface area contributed by atoms with E-state index in [9.17, 15) is 0 Å². The van der Waals surface area contributed by atoms with Crippen LogP contribution in [-0.2, 0) is 4.74 Å². The number of methoxy groups -OCH3 is 1. The molecule has 2 rings (SSSR count). The lowest BCUT2D eigenvalue weighted by Gasteiger charge is -2.39. The van der Waals surface area contributed by atoms with E-state index >= 15 is 0 Å². The summed E-state index contributed by atoms with van der Waals surface area (Å²) in [4.78, 5) is 0. The predicted octanol–water partition coefficient (Wildman–Crippen LogP) is 3.53. The molecule has 2 saturated heterocycles. The van der Waals surface area contributed by atoms with Crippen molar-refractivity contribution in [3.63, 3.8) is 0 Å². The summed E-state index contributed by atoms with van der Waals surface area (Å²) in [6.07, 6.45) is 4.20. The summed E-state index contributed by atoms with van der Waals surface area (Å²) in [5, 5.41) is 8.44. The van der Waals surface area contributed by atoms with Crippen LogP contribution in [0.3, 0.4) is 0 Å². The minimum Gasteiger partial charge on any atom is -0.379 e. The van der Waals surface area contributed by atoms with Crippen molar-refractivity contribution in [2.24, 2.45) is 0 Å². The Morgan fingerprint density at radius 2 is 1.83 bits per heavy atom. The first kappa shape index (κ1) is 19.9. The fourth-order valence-electron chi connectivity index (χ4n) is 3.80. The lowest BCUT2D eigenvalue weighted by molar-refractivity contribution is 0.0871. The van der Waals surface area contributed by atoms with Gasteiger partial charge in [0.15, 0.2) is 0 Å². The van der Waals surface area contributed by atoms with Gasteiger partial charge >= 0.3 is 0 Å². The maximum absolute atomic E-state index is 5.63. The van der Waals surface area contributed by atoms with E-state index in [4.69, 9.17) is 4.74 Å². The maximum atomic E-state index is 5.63. The fourth-order valence-corrected chi connectivity index (χ4v) is 6.74. The van der Waals surface area contributed by atoms with Crippen molar-refractivity contribution in [1.29, 1.82) is 0 Å². The van der Waals surface area contributed by atoms with E-state index in [2.05, 4.69) is 57.0 Å². The van der Waals surface area contributed by atoms with Gasteiger partial charge in [0.25, 0.3) is 0 Å². The first-order valence-electron chi connectivity index (χ1n) is 8.96. The zero-order valence-electron chi connectivity index (χ0n) is 15.8. The van der Waals surface area contributed by atoms with Crippen LogP contribution in [0.5, 0.6) is 0 Å². The van der Waals surface area contributed by atoms with Gasteiger partial charge in [0, 0.05) is 47.0 Å². The Balaban J connectivity index is 1.84. The van der Waals surface area contributed by atoms with Crippen LogP contribution in [0, 0.1) is 0 Å². The molecule has 0 aromatic heterocycles. The van der Waals surface area contributed by atoms with Crippen LogP contribution < -0.4 is 10.6 Å². The van der Waals surface area contributed by atoms with E-state index in [1.165, 1.54) is 30.8 Å². The quantitative estimate of drug-likeness (QED) is 0.757. The topological polar surface area (TPSA) is 33.3 Å². The average Bonchev–Trinajstić information content (AvgIpc) is 2.82. The number of hydrogen-bond donors (Lipinski definition) is 2. The highest BCUT2D eigenvalue weighted by molar-refractivity contribution is 8.00. The van der Waals surface area contributed by atoms with Crippen LogP contribution in [0.15, 0.2) is 0 Å². The third-order valence-corrected chi connectivity index (χ3v) is 7.11. The number of thioether (sulfide) groups is 2. The third kappa shape index (κ3) is 6.77. The minimum atomic E-state index is 0.174. The molecule has 2 aliphatic rings. The fraction of sp³-hybridized carbons (Fsp3) is 1.00. The van der Waals surface area contributed by atoms with Crippen molar-refractivity contribution in [1.82, 2.24) is 10.6 Å². The standard InChI is InChI=1S/C18H36N2OS2/c1-17(2,3)19-13-7-8-23-14(9-13)10-18(4,5)20-15-11-22-12-16(15)21-6/h13-16,19-20H,7-12H2,1-6H3. The second-order valence-corrected chi connectivity index (χ2v) is 11.2. The molecule has 0 aromatic carbocycles. The molecule has 0 saturated carbocycles. The number of rotatable bonds is 6. The molecule has 4 atom stereocenters. The van der Waals surface area contributed by atoms with E-state index in [0.717, 1.165) is 11.0 Å². The van der Waals surface area contributed by atoms with E-state index in [-0.39, 0.29) is 11.1 Å². The molecule has 0 aromatic rings. The van der Waals surface area contributed by atoms with E-state index in [1.54, 1.807) is 0 Å². The number of ether oxygens (including phenoxy) is 1. The van der Waals surface area contributed by atoms with Crippen molar-refractivity contribution in [2.45, 2.75) is 88.4 Å². The molecule has 0 bridgehead atoms. The van der Waals surface area contributed by atoms with Gasteiger partial charge in [-0.3, -0.25) is 0 Å². The highest BCUT2D eigenvalue weighted by Crippen LogP contribution is 2.33. The monoisotopic (exact) mass is 360 g/mol. The molecule has 0 spiro atoms. The molecule has 5 heteroatoms. The summed E-state index contributed by atoms with van der Waals surface area (Å²) in [5.41, 5.74) is 0.394. The Labute approximate surface area is 151 Å². The molecule has 0 amide bonds. The van der Waals surface area contributed by atoms with Gasteiger partial charge in [0.2, 0.25) is 0 Å². The third-order valence-electron chi connectivity index (χ3n) is 4.65. The zero-order valence-corrected chi connectivity index (χ0v) is 17.4. The molecule has 2 fully saturated rings. The Kier molecular flexibility index (Phi) is 7.19. The van der Waals surface area contributed by atoms with Gasteiger partial charge in [-0.2, -0.15) is 23.5 Å². The van der Waals surface area contributed by atoms with Crippen molar-refractivity contribution >= 4 is 23.5 Å². The van der Waals surface area contributed by atoms with Gasteiger partial charge in [-0.05, 0) is 59.6 Å². The van der Waals surface area contributed by atoms with Crippen molar-refractivity contribution in [2.75, 3.05) is 24.4 Å². The summed E-state index contributed by atoms with van der Waals surface area (Å²) in [5.74, 6) is 3.59. The highest BCUT2D eigenvalue weighted by atomic mass is 32.2. The van der Waals surface area contributed by atoms with E-state index in [1.807, 2.05) is 18.9 Å². The highest BCUT2D eigenvalue weighted by Gasteiger charge is 2.35. The van der Waals surface area contributed by atoms with Crippen LogP contribution >= 0.6 is 23.5 Å². The molecular formula is C18H36N2OS2. The second-order valence-electron chi connectivity index (χ2n) is 8.76. The summed E-state index contributed by atoms with van der Waals surface area (Å²) in [6.45, 7) is 11.6. The first-order valence-corrected chi connectivity index (χ1v) is 11.2. The molecule has 136 valence electrons. The Hall–Kier alpha value is 0.580. The maximum Gasteiger partial charge on any atom is 0.0822 e. The normalized spacial score (nSPS) is 33.1. The molecule has 0 radical (unpaired) electrons. The van der Waals surface area contributed by atoms with Gasteiger partial charge in [0.05, 0.1) is 6.10 Å². The lowest BCUT2D eigenvalue weighted by Crippen LogP contribution is -2.53. The van der Waals surface area contributed by atoms with E-state index in [0.29, 0.717) is 18.2 Å². The van der Waals surface area contributed by atoms with Crippen LogP contribution in [0.25, 0.3) is 0 Å². The van der Waals surface area contributed by atoms with Crippen LogP contribution in [0.1, 0.15) is 53.9 Å². The summed E-state index contributed by atoms with van der Waals surface area (Å²) in [7, 11) is 1.85. The molecule has 23 heavy (non-hydrogen) atoms. The van der Waals surface area contributed by atoms with Crippen LogP contribution in [-0.4, -0.2) is 58.9 Å². The SMILES string of the molecule is COC1CSCC1NC(C)(C)CC1CC(NC(C)(C)C)CCS1. The van der Waals surface area contributed by atoms with Crippen LogP contribution in [0.4, 0.5) is 0 Å². The largest absolute Gasteiger partial charge is 0.379 e. The Morgan fingerprint density at radius 1 is 1.09 bits per heavy atom. The van der Waals surface area contributed by atoms with Crippen molar-refractivity contribution in [3.05, 3.63) is 0 Å². The lowest BCUT2D eigenvalue weighted by atomic mass is 9.92. The Bertz CT molecular complexity index is 371. The molecule has 2 N–H and O–H groups in total. The molecule has 2 heterocycles. The molecular weight excluding hydrogens is 324 g/mol. The molecule has 0 aliphatic carbocycles. The van der Waals surface area contributed by atoms with Gasteiger partial charge in [-0.1, -0.05) is 0 Å². The second kappa shape index (κ2) is 8.31.